The molecule has 0 saturated heterocycles. The number of hydrogen-bond donors (Lipinski definition) is 1. The van der Waals surface area contributed by atoms with Crippen molar-refractivity contribution in [1.29, 1.82) is 0 Å². The molecule has 0 aliphatic carbocycles. The number of rotatable bonds is 5. The third-order valence-corrected chi connectivity index (χ3v) is 4.10. The van der Waals surface area contributed by atoms with E-state index < -0.39 is 17.3 Å². The van der Waals surface area contributed by atoms with Crippen LogP contribution in [0.1, 0.15) is 25.0 Å². The van der Waals surface area contributed by atoms with Crippen molar-refractivity contribution < 1.29 is 14.6 Å². The first-order chi connectivity index (χ1) is 10.8. The predicted octanol–water partition coefficient (Wildman–Crippen LogP) is 2.76. The Hall–Kier alpha value is -2.17. The largest absolute Gasteiger partial charge is 0.442 e. The SMILES string of the molecule is CN(C)C(C)(C)OC(=O)C(O)(c1ccccc1)c1ccccc1. The number of nitrogens with zero attached hydrogens (tertiary/aromatic N) is 1. The van der Waals surface area contributed by atoms with E-state index in [1.54, 1.807) is 67.3 Å². The Morgan fingerprint density at radius 1 is 0.913 bits per heavy atom. The standard InChI is InChI=1S/C19H23NO3/c1-18(2,20(3)4)23-17(21)19(22,15-11-7-5-8-12-15)16-13-9-6-10-14-16/h5-14,22H,1-4H3. The maximum absolute atomic E-state index is 12.9. The zero-order valence-electron chi connectivity index (χ0n) is 14.0. The Labute approximate surface area is 137 Å². The fourth-order valence-electron chi connectivity index (χ4n) is 2.15. The van der Waals surface area contributed by atoms with Gasteiger partial charge in [-0.3, -0.25) is 4.90 Å². The van der Waals surface area contributed by atoms with Crippen LogP contribution in [0, 0.1) is 0 Å². The third kappa shape index (κ3) is 3.44. The van der Waals surface area contributed by atoms with Crippen LogP contribution >= 0.6 is 0 Å². The molecule has 0 amide bonds. The summed E-state index contributed by atoms with van der Waals surface area (Å²) in [5.74, 6) is -0.700. The highest BCUT2D eigenvalue weighted by Gasteiger charge is 2.44. The molecule has 0 radical (unpaired) electrons. The fourth-order valence-corrected chi connectivity index (χ4v) is 2.15. The van der Waals surface area contributed by atoms with Gasteiger partial charge in [0.2, 0.25) is 5.60 Å². The van der Waals surface area contributed by atoms with E-state index in [1.807, 2.05) is 26.2 Å². The predicted molar refractivity (Wildman–Crippen MR) is 89.7 cm³/mol. The summed E-state index contributed by atoms with van der Waals surface area (Å²) in [6.07, 6.45) is 0. The van der Waals surface area contributed by atoms with E-state index in [2.05, 4.69) is 0 Å². The number of hydrogen-bond acceptors (Lipinski definition) is 4. The number of benzene rings is 2. The molecular weight excluding hydrogens is 290 g/mol. The van der Waals surface area contributed by atoms with Crippen LogP contribution < -0.4 is 0 Å². The van der Waals surface area contributed by atoms with Crippen LogP contribution in [0.2, 0.25) is 0 Å². The second-order valence-corrected chi connectivity index (χ2v) is 6.17. The molecule has 0 heterocycles. The highest BCUT2D eigenvalue weighted by molar-refractivity contribution is 5.85. The molecule has 23 heavy (non-hydrogen) atoms. The number of carbonyl (C=O) groups is 1. The van der Waals surface area contributed by atoms with Gasteiger partial charge >= 0.3 is 5.97 Å². The molecule has 122 valence electrons. The van der Waals surface area contributed by atoms with Crippen molar-refractivity contribution in [3.63, 3.8) is 0 Å². The van der Waals surface area contributed by atoms with Gasteiger partial charge in [-0.2, -0.15) is 0 Å². The monoisotopic (exact) mass is 313 g/mol. The molecule has 4 nitrogen and oxygen atoms in total. The molecule has 2 rings (SSSR count). The summed E-state index contributed by atoms with van der Waals surface area (Å²) in [4.78, 5) is 14.7. The maximum Gasteiger partial charge on any atom is 0.349 e. The molecule has 0 atom stereocenters. The van der Waals surface area contributed by atoms with E-state index >= 15 is 0 Å². The van der Waals surface area contributed by atoms with Crippen molar-refractivity contribution in [1.82, 2.24) is 4.90 Å². The number of aliphatic hydroxyl groups is 1. The smallest absolute Gasteiger partial charge is 0.349 e. The molecule has 4 heteroatoms. The number of ether oxygens (including phenoxy) is 1. The number of esters is 1. The zero-order valence-corrected chi connectivity index (χ0v) is 14.0. The van der Waals surface area contributed by atoms with Gasteiger partial charge in [0, 0.05) is 0 Å². The Kier molecular flexibility index (Phi) is 4.88. The summed E-state index contributed by atoms with van der Waals surface area (Å²) in [5, 5.41) is 11.3. The molecule has 0 bridgehead atoms. The van der Waals surface area contributed by atoms with Crippen LogP contribution in [0.5, 0.6) is 0 Å². The minimum absolute atomic E-state index is 0.478. The van der Waals surface area contributed by atoms with Crippen LogP contribution in [-0.2, 0) is 15.1 Å². The first kappa shape index (κ1) is 17.2. The first-order valence-corrected chi connectivity index (χ1v) is 7.53. The van der Waals surface area contributed by atoms with Gasteiger partial charge in [0.05, 0.1) is 0 Å². The van der Waals surface area contributed by atoms with Gasteiger partial charge in [-0.05, 0) is 39.1 Å². The maximum atomic E-state index is 12.9. The summed E-state index contributed by atoms with van der Waals surface area (Å²) in [5.41, 5.74) is -1.73. The lowest BCUT2D eigenvalue weighted by Gasteiger charge is -2.36. The summed E-state index contributed by atoms with van der Waals surface area (Å²) in [6, 6.07) is 17.7. The Morgan fingerprint density at radius 2 is 1.30 bits per heavy atom. The third-order valence-electron chi connectivity index (χ3n) is 4.10. The quantitative estimate of drug-likeness (QED) is 0.681. The van der Waals surface area contributed by atoms with Gasteiger partial charge in [0.15, 0.2) is 5.72 Å². The van der Waals surface area contributed by atoms with Crippen molar-refractivity contribution >= 4 is 5.97 Å². The molecule has 2 aromatic rings. The molecule has 0 aliphatic heterocycles. The average molecular weight is 313 g/mol. The topological polar surface area (TPSA) is 49.8 Å². The molecule has 0 saturated carbocycles. The van der Waals surface area contributed by atoms with E-state index in [0.717, 1.165) is 0 Å². The number of carbonyl (C=O) groups excluding carboxylic acids is 1. The highest BCUT2D eigenvalue weighted by atomic mass is 16.6. The van der Waals surface area contributed by atoms with Crippen molar-refractivity contribution in [2.75, 3.05) is 14.1 Å². The van der Waals surface area contributed by atoms with Gasteiger partial charge in [0.1, 0.15) is 0 Å². The molecule has 0 spiro atoms. The Morgan fingerprint density at radius 3 is 1.65 bits per heavy atom. The Balaban J connectivity index is 2.49. The van der Waals surface area contributed by atoms with Crippen LogP contribution in [0.4, 0.5) is 0 Å². The van der Waals surface area contributed by atoms with Crippen LogP contribution in [0.25, 0.3) is 0 Å². The van der Waals surface area contributed by atoms with Crippen LogP contribution in [0.3, 0.4) is 0 Å². The molecular formula is C19H23NO3. The highest BCUT2D eigenvalue weighted by Crippen LogP contribution is 2.32. The molecule has 2 aromatic carbocycles. The molecule has 0 unspecified atom stereocenters. The van der Waals surface area contributed by atoms with E-state index in [9.17, 15) is 9.90 Å². The molecule has 0 aliphatic rings. The molecule has 0 fully saturated rings. The lowest BCUT2D eigenvalue weighted by Crippen LogP contribution is -2.48. The summed E-state index contributed by atoms with van der Waals surface area (Å²) in [6.45, 7) is 3.56. The molecule has 1 N–H and O–H groups in total. The lowest BCUT2D eigenvalue weighted by molar-refractivity contribution is -0.190. The van der Waals surface area contributed by atoms with Crippen molar-refractivity contribution in [2.24, 2.45) is 0 Å². The van der Waals surface area contributed by atoms with Crippen molar-refractivity contribution in [2.45, 2.75) is 25.2 Å². The Bertz CT molecular complexity index is 611. The zero-order chi connectivity index (χ0) is 17.1. The summed E-state index contributed by atoms with van der Waals surface area (Å²) in [7, 11) is 3.63. The lowest BCUT2D eigenvalue weighted by atomic mass is 9.86. The van der Waals surface area contributed by atoms with E-state index in [-0.39, 0.29) is 0 Å². The minimum Gasteiger partial charge on any atom is -0.442 e. The van der Waals surface area contributed by atoms with Gasteiger partial charge in [-0.25, -0.2) is 4.79 Å². The average Bonchev–Trinajstić information content (AvgIpc) is 2.55. The second-order valence-electron chi connectivity index (χ2n) is 6.17. The van der Waals surface area contributed by atoms with Gasteiger partial charge in [0.25, 0.3) is 0 Å². The van der Waals surface area contributed by atoms with Gasteiger partial charge in [-0.1, -0.05) is 60.7 Å². The van der Waals surface area contributed by atoms with Gasteiger partial charge in [-0.15, -0.1) is 0 Å². The second kappa shape index (κ2) is 6.52. The first-order valence-electron chi connectivity index (χ1n) is 7.53. The van der Waals surface area contributed by atoms with Crippen LogP contribution in [0.15, 0.2) is 60.7 Å². The van der Waals surface area contributed by atoms with E-state index in [1.165, 1.54) is 0 Å². The minimum atomic E-state index is -1.85. The van der Waals surface area contributed by atoms with E-state index in [0.29, 0.717) is 11.1 Å². The summed E-state index contributed by atoms with van der Waals surface area (Å²) >= 11 is 0. The summed E-state index contributed by atoms with van der Waals surface area (Å²) < 4.78 is 5.61. The van der Waals surface area contributed by atoms with Crippen molar-refractivity contribution in [3.05, 3.63) is 71.8 Å². The fraction of sp³-hybridized carbons (Fsp3) is 0.316. The normalized spacial score (nSPS) is 12.3. The van der Waals surface area contributed by atoms with E-state index in [4.69, 9.17) is 4.74 Å². The molecule has 0 aromatic heterocycles. The van der Waals surface area contributed by atoms with Crippen molar-refractivity contribution in [3.8, 4) is 0 Å². The van der Waals surface area contributed by atoms with Gasteiger partial charge < -0.3 is 9.84 Å². The van der Waals surface area contributed by atoms with Crippen LogP contribution in [-0.4, -0.2) is 35.8 Å².